The number of hydrogen-bond acceptors (Lipinski definition) is 2. The van der Waals surface area contributed by atoms with E-state index in [2.05, 4.69) is 5.14 Å². The zero-order valence-corrected chi connectivity index (χ0v) is 5.86. The van der Waals surface area contributed by atoms with E-state index in [1.54, 1.807) is 0 Å². The van der Waals surface area contributed by atoms with Gasteiger partial charge in [0.05, 0.1) is 0 Å². The highest BCUT2D eigenvalue weighted by Gasteiger charge is 2.44. The summed E-state index contributed by atoms with van der Waals surface area (Å²) in [6.07, 6.45) is 5.25. The lowest BCUT2D eigenvalue weighted by Crippen LogP contribution is -2.17. The summed E-state index contributed by atoms with van der Waals surface area (Å²) in [5, 5.41) is 10.9. The van der Waals surface area contributed by atoms with E-state index in [9.17, 15) is 0 Å². The Morgan fingerprint density at radius 2 is 2.20 bits per heavy atom. The van der Waals surface area contributed by atoms with Crippen molar-refractivity contribution in [2.24, 2.45) is 11.8 Å². The van der Waals surface area contributed by atoms with Crippen molar-refractivity contribution >= 4 is 0 Å². The molecule has 2 rings (SSSR count). The predicted octanol–water partition coefficient (Wildman–Crippen LogP) is 1.96. The van der Waals surface area contributed by atoms with Gasteiger partial charge in [-0.05, 0) is 31.6 Å². The molecule has 0 aromatic heterocycles. The first-order chi connectivity index (χ1) is 4.90. The van der Waals surface area contributed by atoms with E-state index in [1.165, 1.54) is 19.3 Å². The van der Waals surface area contributed by atoms with E-state index in [-0.39, 0.29) is 6.10 Å². The van der Waals surface area contributed by atoms with Crippen molar-refractivity contribution in [2.45, 2.75) is 31.8 Å². The molecule has 0 aliphatic heterocycles. The molecule has 0 amide bonds. The third-order valence-corrected chi connectivity index (χ3v) is 2.86. The topological polar surface area (TPSA) is 37.4 Å². The molecule has 3 atom stereocenters. The summed E-state index contributed by atoms with van der Waals surface area (Å²) in [7, 11) is 0. The second-order valence-corrected chi connectivity index (χ2v) is 3.40. The molecule has 3 nitrogen and oxygen atoms in total. The molecule has 0 spiro atoms. The molecule has 2 aliphatic rings. The van der Waals surface area contributed by atoms with Crippen LogP contribution in [0.1, 0.15) is 25.7 Å². The first-order valence-corrected chi connectivity index (χ1v) is 3.90. The van der Waals surface area contributed by atoms with Crippen LogP contribution < -0.4 is 0 Å². The quantitative estimate of drug-likeness (QED) is 0.411. The van der Waals surface area contributed by atoms with Gasteiger partial charge in [-0.3, -0.25) is 0 Å². The summed E-state index contributed by atoms with van der Waals surface area (Å²) in [6.45, 7) is 0. The molecule has 2 fully saturated rings. The smallest absolute Gasteiger partial charge is 0.128 e. The second kappa shape index (κ2) is 2.12. The van der Waals surface area contributed by atoms with Gasteiger partial charge >= 0.3 is 5.14 Å². The van der Waals surface area contributed by atoms with Crippen molar-refractivity contribution in [2.75, 3.05) is 0 Å². The summed E-state index contributed by atoms with van der Waals surface area (Å²) < 4.78 is 0. The maximum absolute atomic E-state index is 8.16. The molecule has 2 saturated carbocycles. The van der Waals surface area contributed by atoms with Gasteiger partial charge in [0.1, 0.15) is 0 Å². The first kappa shape index (κ1) is 5.96. The number of fused-ring (bicyclic) bond motifs is 2. The summed E-state index contributed by atoms with van der Waals surface area (Å²) in [4.78, 5) is 4.82. The lowest BCUT2D eigenvalue weighted by atomic mass is 9.98. The van der Waals surface area contributed by atoms with Gasteiger partial charge in [0, 0.05) is 5.92 Å². The normalized spacial score (nSPS) is 43.3. The van der Waals surface area contributed by atoms with Crippen LogP contribution in [0.3, 0.4) is 0 Å². The van der Waals surface area contributed by atoms with Gasteiger partial charge in [-0.2, -0.15) is 0 Å². The molecule has 3 unspecified atom stereocenters. The van der Waals surface area contributed by atoms with Crippen LogP contribution in [0, 0.1) is 17.2 Å². The highest BCUT2D eigenvalue weighted by atomic mass is 16.6. The standard InChI is InChI=1S/C7H11N2O/c8-9-10-7-4-5-1-2-6(7)3-5/h5-7H,1-4H2/q+1. The van der Waals surface area contributed by atoms with Crippen molar-refractivity contribution in [3.8, 4) is 0 Å². The van der Waals surface area contributed by atoms with E-state index in [4.69, 9.17) is 10.2 Å². The molecule has 3 heteroatoms. The largest absolute Gasteiger partial charge is 0.457 e. The number of nitrogens with zero attached hydrogens (tertiary/aromatic N) is 2. The van der Waals surface area contributed by atoms with Crippen LogP contribution in [0.2, 0.25) is 0 Å². The van der Waals surface area contributed by atoms with Gasteiger partial charge in [0.2, 0.25) is 0 Å². The fourth-order valence-electron chi connectivity index (χ4n) is 2.38. The minimum absolute atomic E-state index is 0.226. The molecule has 54 valence electrons. The Kier molecular flexibility index (Phi) is 1.26. The van der Waals surface area contributed by atoms with Crippen LogP contribution in [0.15, 0.2) is 0 Å². The Balaban J connectivity index is 1.97. The van der Waals surface area contributed by atoms with E-state index in [1.807, 2.05) is 0 Å². The zero-order chi connectivity index (χ0) is 6.97. The van der Waals surface area contributed by atoms with Gasteiger partial charge in [0.15, 0.2) is 6.10 Å². The third-order valence-electron chi connectivity index (χ3n) is 2.86. The van der Waals surface area contributed by atoms with Crippen LogP contribution in [-0.2, 0) is 4.84 Å². The molecular weight excluding hydrogens is 128 g/mol. The zero-order valence-electron chi connectivity index (χ0n) is 5.86. The molecule has 0 radical (unpaired) electrons. The molecule has 2 aliphatic carbocycles. The monoisotopic (exact) mass is 139 g/mol. The van der Waals surface area contributed by atoms with Gasteiger partial charge in [-0.15, -0.1) is 4.84 Å². The van der Waals surface area contributed by atoms with E-state index >= 15 is 0 Å². The van der Waals surface area contributed by atoms with Crippen molar-refractivity contribution in [1.29, 1.82) is 5.39 Å². The van der Waals surface area contributed by atoms with E-state index < -0.39 is 0 Å². The predicted molar refractivity (Wildman–Crippen MR) is 35.4 cm³/mol. The Morgan fingerprint density at radius 3 is 2.70 bits per heavy atom. The molecule has 0 aromatic carbocycles. The molecule has 2 bridgehead atoms. The van der Waals surface area contributed by atoms with Gasteiger partial charge in [-0.1, -0.05) is 0 Å². The van der Waals surface area contributed by atoms with Crippen LogP contribution in [0.4, 0.5) is 0 Å². The SMILES string of the molecule is N#[N+]OC1CC2CCC1C2. The van der Waals surface area contributed by atoms with Crippen molar-refractivity contribution in [3.05, 3.63) is 5.14 Å². The molecule has 0 heterocycles. The van der Waals surface area contributed by atoms with E-state index in [0.717, 1.165) is 12.3 Å². The minimum atomic E-state index is 0.226. The molecule has 0 aromatic rings. The van der Waals surface area contributed by atoms with Crippen LogP contribution >= 0.6 is 0 Å². The van der Waals surface area contributed by atoms with Gasteiger partial charge in [-0.25, -0.2) is 0 Å². The van der Waals surface area contributed by atoms with Crippen LogP contribution in [-0.4, -0.2) is 6.10 Å². The van der Waals surface area contributed by atoms with E-state index in [0.29, 0.717) is 5.92 Å². The van der Waals surface area contributed by atoms with Crippen molar-refractivity contribution in [1.82, 2.24) is 0 Å². The van der Waals surface area contributed by atoms with Crippen molar-refractivity contribution < 1.29 is 4.84 Å². The summed E-state index contributed by atoms with van der Waals surface area (Å²) >= 11 is 0. The number of rotatable bonds is 1. The lowest BCUT2D eigenvalue weighted by molar-refractivity contribution is 0.0815. The molecule has 0 saturated heterocycles. The maximum Gasteiger partial charge on any atom is 0.457 e. The van der Waals surface area contributed by atoms with Gasteiger partial charge in [0.25, 0.3) is 5.39 Å². The molecule has 10 heavy (non-hydrogen) atoms. The Bertz CT molecular complexity index is 175. The summed E-state index contributed by atoms with van der Waals surface area (Å²) in [5.74, 6) is 1.54. The average molecular weight is 139 g/mol. The Morgan fingerprint density at radius 1 is 1.30 bits per heavy atom. The lowest BCUT2D eigenvalue weighted by Gasteiger charge is -2.11. The summed E-state index contributed by atoms with van der Waals surface area (Å²) in [5.41, 5.74) is 0. The van der Waals surface area contributed by atoms with Crippen molar-refractivity contribution in [3.63, 3.8) is 0 Å². The van der Waals surface area contributed by atoms with Crippen LogP contribution in [0.5, 0.6) is 0 Å². The fraction of sp³-hybridized carbons (Fsp3) is 1.00. The first-order valence-electron chi connectivity index (χ1n) is 3.90. The Labute approximate surface area is 59.9 Å². The summed E-state index contributed by atoms with van der Waals surface area (Å²) in [6, 6.07) is 0. The third kappa shape index (κ3) is 0.756. The molecular formula is C7H11N2O+. The number of diazo groups is 1. The maximum atomic E-state index is 8.16. The fourth-order valence-corrected chi connectivity index (χ4v) is 2.38. The van der Waals surface area contributed by atoms with Crippen LogP contribution in [0.25, 0.3) is 5.14 Å². The molecule has 0 N–H and O–H groups in total. The average Bonchev–Trinajstić information content (AvgIpc) is 2.48. The second-order valence-electron chi connectivity index (χ2n) is 3.40. The minimum Gasteiger partial charge on any atom is -0.128 e. The highest BCUT2D eigenvalue weighted by molar-refractivity contribution is 4.90. The van der Waals surface area contributed by atoms with Gasteiger partial charge < -0.3 is 0 Å². The highest BCUT2D eigenvalue weighted by Crippen LogP contribution is 2.45. The Hall–Kier alpha value is -0.780. The number of hydrogen-bond donors (Lipinski definition) is 0.